The summed E-state index contributed by atoms with van der Waals surface area (Å²) in [5, 5.41) is 0. The van der Waals surface area contributed by atoms with Gasteiger partial charge in [0.05, 0.1) is 11.3 Å². The molecule has 1 aromatic heterocycles. The number of nitrogens with zero attached hydrogens (tertiary/aromatic N) is 2. The molecule has 1 aromatic carbocycles. The highest BCUT2D eigenvalue weighted by atomic mass is 79.9. The SMILES string of the molecule is CC(C)(C)OC(=O)/C=C/c1cncc2c1C(=O)N(c1ccc(Br)cc1)/C2=C/C(=O)OC(C)(C)C. The second-order valence-electron chi connectivity index (χ2n) is 9.70. The summed E-state index contributed by atoms with van der Waals surface area (Å²) < 4.78 is 11.6. The van der Waals surface area contributed by atoms with Gasteiger partial charge in [-0.2, -0.15) is 0 Å². The molecule has 34 heavy (non-hydrogen) atoms. The third-order valence-corrected chi connectivity index (χ3v) is 4.99. The van der Waals surface area contributed by atoms with Crippen molar-refractivity contribution in [3.63, 3.8) is 0 Å². The first-order chi connectivity index (χ1) is 15.7. The van der Waals surface area contributed by atoms with Gasteiger partial charge in [0.25, 0.3) is 5.91 Å². The number of benzene rings is 1. The van der Waals surface area contributed by atoms with Crippen LogP contribution < -0.4 is 4.90 Å². The predicted octanol–water partition coefficient (Wildman–Crippen LogP) is 5.54. The van der Waals surface area contributed by atoms with Gasteiger partial charge in [0.1, 0.15) is 11.2 Å². The molecule has 2 aromatic rings. The largest absolute Gasteiger partial charge is 0.457 e. The zero-order valence-corrected chi connectivity index (χ0v) is 21.6. The number of halogens is 1. The fraction of sp³-hybridized carbons (Fsp3) is 0.308. The summed E-state index contributed by atoms with van der Waals surface area (Å²) >= 11 is 3.40. The molecule has 0 unspecified atom stereocenters. The van der Waals surface area contributed by atoms with Gasteiger partial charge >= 0.3 is 11.9 Å². The monoisotopic (exact) mass is 526 g/mol. The van der Waals surface area contributed by atoms with Crippen LogP contribution in [0.25, 0.3) is 11.8 Å². The molecule has 0 fully saturated rings. The molecular weight excluding hydrogens is 500 g/mol. The Balaban J connectivity index is 2.09. The van der Waals surface area contributed by atoms with E-state index < -0.39 is 23.1 Å². The summed E-state index contributed by atoms with van der Waals surface area (Å²) in [6, 6.07) is 7.14. The molecule has 7 nitrogen and oxygen atoms in total. The molecule has 178 valence electrons. The molecule has 1 amide bonds. The average Bonchev–Trinajstić information content (AvgIpc) is 2.97. The Morgan fingerprint density at radius 2 is 1.53 bits per heavy atom. The number of ether oxygens (including phenoxy) is 2. The maximum Gasteiger partial charge on any atom is 0.333 e. The molecule has 0 saturated heterocycles. The summed E-state index contributed by atoms with van der Waals surface area (Å²) in [5.74, 6) is -1.47. The number of rotatable bonds is 4. The van der Waals surface area contributed by atoms with Crippen molar-refractivity contribution in [3.05, 3.63) is 70.0 Å². The summed E-state index contributed by atoms with van der Waals surface area (Å²) in [7, 11) is 0. The molecule has 0 atom stereocenters. The van der Waals surface area contributed by atoms with Crippen LogP contribution in [0.5, 0.6) is 0 Å². The predicted molar refractivity (Wildman–Crippen MR) is 134 cm³/mol. The van der Waals surface area contributed by atoms with Gasteiger partial charge < -0.3 is 9.47 Å². The molecule has 3 rings (SSSR count). The van der Waals surface area contributed by atoms with Crippen LogP contribution in [0.15, 0.2) is 53.3 Å². The summed E-state index contributed by atoms with van der Waals surface area (Å²) in [4.78, 5) is 44.1. The van der Waals surface area contributed by atoms with Crippen LogP contribution in [0.4, 0.5) is 5.69 Å². The summed E-state index contributed by atoms with van der Waals surface area (Å²) in [6.07, 6.45) is 7.06. The third kappa shape index (κ3) is 6.20. The molecule has 0 bridgehead atoms. The van der Waals surface area contributed by atoms with Gasteiger partial charge in [-0.3, -0.25) is 14.7 Å². The molecule has 1 aliphatic rings. The Kier molecular flexibility index (Phi) is 7.12. The first-order valence-corrected chi connectivity index (χ1v) is 11.5. The smallest absolute Gasteiger partial charge is 0.333 e. The van der Waals surface area contributed by atoms with Crippen molar-refractivity contribution >= 4 is 51.2 Å². The Labute approximate surface area is 207 Å². The van der Waals surface area contributed by atoms with Gasteiger partial charge in [-0.1, -0.05) is 15.9 Å². The summed E-state index contributed by atoms with van der Waals surface area (Å²) in [6.45, 7) is 10.6. The van der Waals surface area contributed by atoms with Crippen LogP contribution in [0, 0.1) is 0 Å². The normalized spacial score (nSPS) is 15.1. The van der Waals surface area contributed by atoms with Crippen molar-refractivity contribution < 1.29 is 23.9 Å². The van der Waals surface area contributed by atoms with E-state index in [2.05, 4.69) is 20.9 Å². The second kappa shape index (κ2) is 9.54. The van der Waals surface area contributed by atoms with E-state index in [1.807, 2.05) is 0 Å². The number of amides is 1. The van der Waals surface area contributed by atoms with Crippen LogP contribution in [-0.2, 0) is 19.1 Å². The lowest BCUT2D eigenvalue weighted by molar-refractivity contribution is -0.149. The van der Waals surface area contributed by atoms with E-state index in [-0.39, 0.29) is 5.91 Å². The maximum atomic E-state index is 13.6. The van der Waals surface area contributed by atoms with Crippen molar-refractivity contribution in [2.24, 2.45) is 0 Å². The number of hydrogen-bond acceptors (Lipinski definition) is 6. The van der Waals surface area contributed by atoms with E-state index in [4.69, 9.17) is 9.47 Å². The Bertz CT molecular complexity index is 1190. The molecule has 0 N–H and O–H groups in total. The van der Waals surface area contributed by atoms with Crippen molar-refractivity contribution in [3.8, 4) is 0 Å². The minimum Gasteiger partial charge on any atom is -0.457 e. The number of hydrogen-bond donors (Lipinski definition) is 0. The lowest BCUT2D eigenvalue weighted by atomic mass is 10.0. The van der Waals surface area contributed by atoms with Crippen molar-refractivity contribution in [1.82, 2.24) is 4.98 Å². The number of aromatic nitrogens is 1. The van der Waals surface area contributed by atoms with Crippen LogP contribution in [0.1, 0.15) is 63.0 Å². The lowest BCUT2D eigenvalue weighted by Gasteiger charge is -2.21. The topological polar surface area (TPSA) is 85.8 Å². The van der Waals surface area contributed by atoms with E-state index in [1.54, 1.807) is 65.8 Å². The second-order valence-corrected chi connectivity index (χ2v) is 10.6. The molecular formula is C26H27BrN2O5. The lowest BCUT2D eigenvalue weighted by Crippen LogP contribution is -2.25. The highest BCUT2D eigenvalue weighted by molar-refractivity contribution is 9.10. The van der Waals surface area contributed by atoms with Crippen molar-refractivity contribution in [1.29, 1.82) is 0 Å². The molecule has 8 heteroatoms. The number of fused-ring (bicyclic) bond motifs is 1. The Hall–Kier alpha value is -3.26. The molecule has 0 radical (unpaired) electrons. The minimum atomic E-state index is -0.696. The molecule has 0 spiro atoms. The fourth-order valence-electron chi connectivity index (χ4n) is 3.30. The average molecular weight is 527 g/mol. The van der Waals surface area contributed by atoms with Crippen LogP contribution in [0.3, 0.4) is 0 Å². The van der Waals surface area contributed by atoms with E-state index in [0.29, 0.717) is 28.1 Å². The number of pyridine rings is 1. The fourth-order valence-corrected chi connectivity index (χ4v) is 3.57. The molecule has 1 aliphatic heterocycles. The van der Waals surface area contributed by atoms with Gasteiger partial charge in [-0.25, -0.2) is 9.59 Å². The minimum absolute atomic E-state index is 0.326. The van der Waals surface area contributed by atoms with Crippen LogP contribution >= 0.6 is 15.9 Å². The first kappa shape index (κ1) is 25.4. The van der Waals surface area contributed by atoms with Crippen LogP contribution in [0.2, 0.25) is 0 Å². The zero-order valence-electron chi connectivity index (χ0n) is 20.0. The van der Waals surface area contributed by atoms with Gasteiger partial charge in [0.15, 0.2) is 0 Å². The van der Waals surface area contributed by atoms with Crippen LogP contribution in [-0.4, -0.2) is 34.0 Å². The van der Waals surface area contributed by atoms with E-state index >= 15 is 0 Å². The molecule has 0 aliphatic carbocycles. The van der Waals surface area contributed by atoms with Crippen molar-refractivity contribution in [2.45, 2.75) is 52.7 Å². The van der Waals surface area contributed by atoms with Gasteiger partial charge in [-0.05, 0) is 71.9 Å². The highest BCUT2D eigenvalue weighted by Gasteiger charge is 2.36. The summed E-state index contributed by atoms with van der Waals surface area (Å²) in [5.41, 5.74) is 0.798. The Morgan fingerprint density at radius 3 is 2.12 bits per heavy atom. The Morgan fingerprint density at radius 1 is 0.941 bits per heavy atom. The van der Waals surface area contributed by atoms with E-state index in [9.17, 15) is 14.4 Å². The zero-order chi connectivity index (χ0) is 25.3. The number of anilines is 1. The number of carbonyl (C=O) groups is 3. The maximum absolute atomic E-state index is 13.6. The van der Waals surface area contributed by atoms with Gasteiger partial charge in [0, 0.05) is 45.8 Å². The third-order valence-electron chi connectivity index (χ3n) is 4.46. The number of carbonyl (C=O) groups excluding carboxylic acids is 3. The highest BCUT2D eigenvalue weighted by Crippen LogP contribution is 2.38. The molecule has 0 saturated carbocycles. The molecule has 2 heterocycles. The van der Waals surface area contributed by atoms with Gasteiger partial charge in [0.2, 0.25) is 0 Å². The van der Waals surface area contributed by atoms with Gasteiger partial charge in [-0.15, -0.1) is 0 Å². The van der Waals surface area contributed by atoms with E-state index in [0.717, 1.165) is 4.47 Å². The number of esters is 2. The first-order valence-electron chi connectivity index (χ1n) is 10.7. The standard InChI is InChI=1S/C26H27BrN2O5/c1-25(2,3)33-21(30)12-7-16-14-28-15-19-20(13-22(31)34-26(4,5)6)29(24(32)23(16)19)18-10-8-17(27)9-11-18/h7-15H,1-6H3/b12-7+,20-13+. The quantitative estimate of drug-likeness (QED) is 0.383. The van der Waals surface area contributed by atoms with E-state index in [1.165, 1.54) is 35.5 Å². The van der Waals surface area contributed by atoms with Crippen molar-refractivity contribution in [2.75, 3.05) is 4.90 Å².